The molecule has 2 N–H and O–H groups in total. The van der Waals surface area contributed by atoms with Crippen LogP contribution in [0.5, 0.6) is 0 Å². The number of rotatable bonds is 4. The van der Waals surface area contributed by atoms with Gasteiger partial charge in [-0.2, -0.15) is 0 Å². The SMILES string of the molecule is Cc1ccccc1C(=O)c1ccc(C2(CN)CC2)cc1. The average Bonchev–Trinajstić information content (AvgIpc) is 3.28. The van der Waals surface area contributed by atoms with Crippen LogP contribution < -0.4 is 5.73 Å². The molecule has 20 heavy (non-hydrogen) atoms. The summed E-state index contributed by atoms with van der Waals surface area (Å²) in [5.41, 5.74) is 9.83. The number of hydrogen-bond acceptors (Lipinski definition) is 2. The van der Waals surface area contributed by atoms with Crippen LogP contribution in [0, 0.1) is 6.92 Å². The van der Waals surface area contributed by atoms with Gasteiger partial charge in [0.25, 0.3) is 0 Å². The maximum absolute atomic E-state index is 12.5. The molecular weight excluding hydrogens is 246 g/mol. The molecule has 0 bridgehead atoms. The Morgan fingerprint density at radius 2 is 1.75 bits per heavy atom. The first-order chi connectivity index (χ1) is 9.66. The second-order valence-electron chi connectivity index (χ2n) is 5.71. The molecule has 2 nitrogen and oxygen atoms in total. The van der Waals surface area contributed by atoms with Crippen molar-refractivity contribution in [2.75, 3.05) is 6.54 Å². The molecule has 0 unspecified atom stereocenters. The Kier molecular flexibility index (Phi) is 3.19. The van der Waals surface area contributed by atoms with Crippen LogP contribution in [-0.4, -0.2) is 12.3 Å². The van der Waals surface area contributed by atoms with Crippen LogP contribution in [0.1, 0.15) is 39.9 Å². The Morgan fingerprint density at radius 3 is 2.30 bits per heavy atom. The largest absolute Gasteiger partial charge is 0.330 e. The summed E-state index contributed by atoms with van der Waals surface area (Å²) in [6.45, 7) is 2.66. The molecule has 0 spiro atoms. The second kappa shape index (κ2) is 4.88. The van der Waals surface area contributed by atoms with E-state index in [9.17, 15) is 4.79 Å². The molecule has 0 aromatic heterocycles. The van der Waals surface area contributed by atoms with E-state index in [1.54, 1.807) is 0 Å². The fourth-order valence-electron chi connectivity index (χ4n) is 2.72. The van der Waals surface area contributed by atoms with E-state index in [1.807, 2.05) is 43.3 Å². The van der Waals surface area contributed by atoms with Crippen molar-refractivity contribution in [3.63, 3.8) is 0 Å². The lowest BCUT2D eigenvalue weighted by Gasteiger charge is -2.13. The normalized spacial score (nSPS) is 15.9. The summed E-state index contributed by atoms with van der Waals surface area (Å²) < 4.78 is 0. The van der Waals surface area contributed by atoms with Crippen LogP contribution >= 0.6 is 0 Å². The van der Waals surface area contributed by atoms with Crippen molar-refractivity contribution in [1.82, 2.24) is 0 Å². The van der Waals surface area contributed by atoms with Gasteiger partial charge in [-0.3, -0.25) is 4.79 Å². The van der Waals surface area contributed by atoms with Crippen LogP contribution in [0.15, 0.2) is 48.5 Å². The summed E-state index contributed by atoms with van der Waals surface area (Å²) in [6.07, 6.45) is 2.32. The lowest BCUT2D eigenvalue weighted by molar-refractivity contribution is 0.103. The molecule has 1 aliphatic rings. The number of carbonyl (C=O) groups excluding carboxylic acids is 1. The molecule has 1 saturated carbocycles. The predicted molar refractivity (Wildman–Crippen MR) is 81.0 cm³/mol. The van der Waals surface area contributed by atoms with Crippen molar-refractivity contribution in [1.29, 1.82) is 0 Å². The Labute approximate surface area is 119 Å². The minimum absolute atomic E-state index is 0.0900. The summed E-state index contributed by atoms with van der Waals surface area (Å²) in [7, 11) is 0. The second-order valence-corrected chi connectivity index (χ2v) is 5.71. The van der Waals surface area contributed by atoms with E-state index in [-0.39, 0.29) is 11.2 Å². The quantitative estimate of drug-likeness (QED) is 0.863. The lowest BCUT2D eigenvalue weighted by Crippen LogP contribution is -2.19. The van der Waals surface area contributed by atoms with Gasteiger partial charge in [0.05, 0.1) is 0 Å². The van der Waals surface area contributed by atoms with Gasteiger partial charge in [0.2, 0.25) is 0 Å². The van der Waals surface area contributed by atoms with Crippen molar-refractivity contribution in [3.05, 3.63) is 70.8 Å². The van der Waals surface area contributed by atoms with E-state index < -0.39 is 0 Å². The monoisotopic (exact) mass is 265 g/mol. The first-order valence-corrected chi connectivity index (χ1v) is 7.07. The lowest BCUT2D eigenvalue weighted by atomic mass is 9.93. The molecule has 0 saturated heterocycles. The summed E-state index contributed by atoms with van der Waals surface area (Å²) in [6, 6.07) is 15.7. The van der Waals surface area contributed by atoms with Crippen molar-refractivity contribution < 1.29 is 4.79 Å². The maximum atomic E-state index is 12.5. The van der Waals surface area contributed by atoms with Gasteiger partial charge in [0.1, 0.15) is 0 Å². The fourth-order valence-corrected chi connectivity index (χ4v) is 2.72. The molecule has 2 aromatic carbocycles. The van der Waals surface area contributed by atoms with Crippen LogP contribution in [0.25, 0.3) is 0 Å². The summed E-state index contributed by atoms with van der Waals surface area (Å²) in [4.78, 5) is 12.5. The molecule has 0 radical (unpaired) electrons. The number of aryl methyl sites for hydroxylation is 1. The van der Waals surface area contributed by atoms with Gasteiger partial charge in [0.15, 0.2) is 5.78 Å². The molecule has 0 heterocycles. The topological polar surface area (TPSA) is 43.1 Å². The minimum atomic E-state index is 0.0900. The van der Waals surface area contributed by atoms with Gasteiger partial charge in [-0.1, -0.05) is 48.5 Å². The molecule has 1 aliphatic carbocycles. The van der Waals surface area contributed by atoms with Crippen molar-refractivity contribution in [2.24, 2.45) is 5.73 Å². The molecular formula is C18H19NO. The average molecular weight is 265 g/mol. The Hall–Kier alpha value is -1.93. The van der Waals surface area contributed by atoms with Gasteiger partial charge < -0.3 is 5.73 Å². The molecule has 2 heteroatoms. The maximum Gasteiger partial charge on any atom is 0.193 e. The van der Waals surface area contributed by atoms with Crippen LogP contribution in [0.4, 0.5) is 0 Å². The van der Waals surface area contributed by atoms with Crippen LogP contribution in [0.3, 0.4) is 0 Å². The Balaban J connectivity index is 1.88. The standard InChI is InChI=1S/C18H19NO/c1-13-4-2-3-5-16(13)17(20)14-6-8-15(9-7-14)18(12-19)10-11-18/h2-9H,10-12,19H2,1H3. The molecule has 102 valence electrons. The highest BCUT2D eigenvalue weighted by atomic mass is 16.1. The highest BCUT2D eigenvalue weighted by Crippen LogP contribution is 2.47. The van der Waals surface area contributed by atoms with Crippen molar-refractivity contribution in [2.45, 2.75) is 25.2 Å². The predicted octanol–water partition coefficient (Wildman–Crippen LogP) is 3.22. The van der Waals surface area contributed by atoms with Crippen molar-refractivity contribution in [3.8, 4) is 0 Å². The zero-order chi connectivity index (χ0) is 14.2. The third-order valence-corrected chi connectivity index (χ3v) is 4.39. The Morgan fingerprint density at radius 1 is 1.10 bits per heavy atom. The van der Waals surface area contributed by atoms with Gasteiger partial charge in [-0.05, 0) is 30.9 Å². The van der Waals surface area contributed by atoms with E-state index in [4.69, 9.17) is 5.73 Å². The third kappa shape index (κ3) is 2.16. The summed E-state index contributed by atoms with van der Waals surface area (Å²) >= 11 is 0. The summed E-state index contributed by atoms with van der Waals surface area (Å²) in [5.74, 6) is 0.0900. The fraction of sp³-hybridized carbons (Fsp3) is 0.278. The molecule has 3 rings (SSSR count). The van der Waals surface area contributed by atoms with Gasteiger partial charge in [-0.25, -0.2) is 0 Å². The first-order valence-electron chi connectivity index (χ1n) is 7.07. The van der Waals surface area contributed by atoms with Gasteiger partial charge in [-0.15, -0.1) is 0 Å². The molecule has 1 fully saturated rings. The first kappa shape index (κ1) is 13.1. The highest BCUT2D eigenvalue weighted by Gasteiger charge is 2.42. The molecule has 0 amide bonds. The number of ketones is 1. The van der Waals surface area contributed by atoms with Gasteiger partial charge >= 0.3 is 0 Å². The molecule has 0 atom stereocenters. The number of hydrogen-bond donors (Lipinski definition) is 1. The number of nitrogens with two attached hydrogens (primary N) is 1. The minimum Gasteiger partial charge on any atom is -0.330 e. The van der Waals surface area contributed by atoms with E-state index in [0.717, 1.165) is 29.5 Å². The zero-order valence-corrected chi connectivity index (χ0v) is 11.7. The van der Waals surface area contributed by atoms with E-state index in [2.05, 4.69) is 12.1 Å². The third-order valence-electron chi connectivity index (χ3n) is 4.39. The summed E-state index contributed by atoms with van der Waals surface area (Å²) in [5, 5.41) is 0. The van der Waals surface area contributed by atoms with E-state index >= 15 is 0 Å². The van der Waals surface area contributed by atoms with Crippen LogP contribution in [0.2, 0.25) is 0 Å². The smallest absolute Gasteiger partial charge is 0.193 e. The van der Waals surface area contributed by atoms with E-state index in [1.165, 1.54) is 5.56 Å². The van der Waals surface area contributed by atoms with Crippen LogP contribution in [-0.2, 0) is 5.41 Å². The van der Waals surface area contributed by atoms with Crippen molar-refractivity contribution >= 4 is 5.78 Å². The molecule has 2 aromatic rings. The van der Waals surface area contributed by atoms with Gasteiger partial charge in [0, 0.05) is 23.1 Å². The number of benzene rings is 2. The van der Waals surface area contributed by atoms with E-state index in [0.29, 0.717) is 6.54 Å². The molecule has 0 aliphatic heterocycles. The highest BCUT2D eigenvalue weighted by molar-refractivity contribution is 6.09. The zero-order valence-electron chi connectivity index (χ0n) is 11.7. The number of carbonyl (C=O) groups is 1. The Bertz CT molecular complexity index is 639.